The topological polar surface area (TPSA) is 46.3 Å². The summed E-state index contributed by atoms with van der Waals surface area (Å²) >= 11 is 0. The van der Waals surface area contributed by atoms with Gasteiger partial charge in [0, 0.05) is 19.0 Å². The SMILES string of the molecule is CCC(CN)CC(=O)N1CC(C)CC1C. The number of hydrogen-bond donors (Lipinski definition) is 1. The van der Waals surface area contributed by atoms with Crippen LogP contribution in [0.1, 0.15) is 40.0 Å². The Balaban J connectivity index is 2.46. The molecular formula is C12H24N2O. The van der Waals surface area contributed by atoms with Crippen LogP contribution in [-0.4, -0.2) is 29.9 Å². The number of rotatable bonds is 4. The van der Waals surface area contributed by atoms with Gasteiger partial charge in [-0.15, -0.1) is 0 Å². The van der Waals surface area contributed by atoms with Crippen LogP contribution < -0.4 is 5.73 Å². The molecule has 0 aromatic carbocycles. The van der Waals surface area contributed by atoms with Crippen molar-refractivity contribution in [2.75, 3.05) is 13.1 Å². The largest absolute Gasteiger partial charge is 0.340 e. The summed E-state index contributed by atoms with van der Waals surface area (Å²) in [6, 6.07) is 0.419. The average molecular weight is 212 g/mol. The number of carbonyl (C=O) groups is 1. The lowest BCUT2D eigenvalue weighted by Gasteiger charge is -2.23. The lowest BCUT2D eigenvalue weighted by molar-refractivity contribution is -0.132. The van der Waals surface area contributed by atoms with Crippen LogP contribution in [0, 0.1) is 11.8 Å². The number of nitrogens with zero attached hydrogens (tertiary/aromatic N) is 1. The average Bonchev–Trinajstić information content (AvgIpc) is 2.54. The molecule has 3 nitrogen and oxygen atoms in total. The molecule has 2 N–H and O–H groups in total. The van der Waals surface area contributed by atoms with E-state index in [0.29, 0.717) is 36.8 Å². The highest BCUT2D eigenvalue weighted by Crippen LogP contribution is 2.24. The van der Waals surface area contributed by atoms with Crippen molar-refractivity contribution in [2.24, 2.45) is 17.6 Å². The summed E-state index contributed by atoms with van der Waals surface area (Å²) in [6.45, 7) is 8.01. The van der Waals surface area contributed by atoms with Crippen LogP contribution in [0.15, 0.2) is 0 Å². The fourth-order valence-corrected chi connectivity index (χ4v) is 2.41. The minimum absolute atomic E-state index is 0.296. The normalized spacial score (nSPS) is 28.1. The Morgan fingerprint density at radius 1 is 1.53 bits per heavy atom. The van der Waals surface area contributed by atoms with Crippen LogP contribution in [0.2, 0.25) is 0 Å². The molecule has 1 aliphatic rings. The van der Waals surface area contributed by atoms with E-state index >= 15 is 0 Å². The van der Waals surface area contributed by atoms with Gasteiger partial charge in [0.05, 0.1) is 0 Å². The molecule has 0 bridgehead atoms. The molecule has 0 aromatic rings. The zero-order valence-corrected chi connectivity index (χ0v) is 10.2. The molecule has 1 aliphatic heterocycles. The van der Waals surface area contributed by atoms with Crippen LogP contribution >= 0.6 is 0 Å². The third-order valence-electron chi connectivity index (χ3n) is 3.48. The second-order valence-electron chi connectivity index (χ2n) is 4.95. The van der Waals surface area contributed by atoms with Crippen molar-refractivity contribution in [3.05, 3.63) is 0 Å². The monoisotopic (exact) mass is 212 g/mol. The molecule has 1 fully saturated rings. The Hall–Kier alpha value is -0.570. The van der Waals surface area contributed by atoms with Crippen molar-refractivity contribution in [3.63, 3.8) is 0 Å². The molecule has 88 valence electrons. The van der Waals surface area contributed by atoms with E-state index in [2.05, 4.69) is 20.8 Å². The summed E-state index contributed by atoms with van der Waals surface area (Å²) in [5.74, 6) is 1.31. The lowest BCUT2D eigenvalue weighted by atomic mass is 10.0. The molecule has 15 heavy (non-hydrogen) atoms. The van der Waals surface area contributed by atoms with Gasteiger partial charge in [-0.25, -0.2) is 0 Å². The Morgan fingerprint density at radius 3 is 2.60 bits per heavy atom. The van der Waals surface area contributed by atoms with Crippen LogP contribution in [0.4, 0.5) is 0 Å². The Kier molecular flexibility index (Phi) is 4.58. The number of likely N-dealkylation sites (tertiary alicyclic amines) is 1. The fourth-order valence-electron chi connectivity index (χ4n) is 2.41. The summed E-state index contributed by atoms with van der Waals surface area (Å²) in [5.41, 5.74) is 5.62. The highest BCUT2D eigenvalue weighted by atomic mass is 16.2. The van der Waals surface area contributed by atoms with Crippen molar-refractivity contribution in [3.8, 4) is 0 Å². The minimum atomic E-state index is 0.296. The van der Waals surface area contributed by atoms with Crippen LogP contribution in [0.25, 0.3) is 0 Å². The first-order valence-electron chi connectivity index (χ1n) is 6.08. The van der Waals surface area contributed by atoms with Crippen molar-refractivity contribution < 1.29 is 4.79 Å². The maximum atomic E-state index is 12.0. The van der Waals surface area contributed by atoms with E-state index in [1.807, 2.05) is 4.90 Å². The van der Waals surface area contributed by atoms with Gasteiger partial charge in [0.1, 0.15) is 0 Å². The third-order valence-corrected chi connectivity index (χ3v) is 3.48. The number of nitrogens with two attached hydrogens (primary N) is 1. The van der Waals surface area contributed by atoms with Gasteiger partial charge in [0.25, 0.3) is 0 Å². The molecule has 0 radical (unpaired) electrons. The smallest absolute Gasteiger partial charge is 0.223 e. The molecule has 0 spiro atoms. The molecule has 1 saturated heterocycles. The molecule has 0 aromatic heterocycles. The standard InChI is InChI=1S/C12H24N2O/c1-4-11(7-13)6-12(15)14-8-9(2)5-10(14)3/h9-11H,4-8,13H2,1-3H3. The van der Waals surface area contributed by atoms with Crippen molar-refractivity contribution in [2.45, 2.75) is 46.1 Å². The van der Waals surface area contributed by atoms with Gasteiger partial charge in [0.15, 0.2) is 0 Å². The van der Waals surface area contributed by atoms with Gasteiger partial charge < -0.3 is 10.6 Å². The Labute approximate surface area is 93.0 Å². The predicted octanol–water partition coefficient (Wildman–Crippen LogP) is 1.62. The van der Waals surface area contributed by atoms with E-state index < -0.39 is 0 Å². The van der Waals surface area contributed by atoms with Crippen molar-refractivity contribution in [1.82, 2.24) is 4.90 Å². The van der Waals surface area contributed by atoms with Crippen LogP contribution in [0.3, 0.4) is 0 Å². The number of amides is 1. The zero-order chi connectivity index (χ0) is 11.4. The predicted molar refractivity (Wildman–Crippen MR) is 62.4 cm³/mol. The quantitative estimate of drug-likeness (QED) is 0.769. The minimum Gasteiger partial charge on any atom is -0.340 e. The van der Waals surface area contributed by atoms with Gasteiger partial charge in [0.2, 0.25) is 5.91 Å². The molecule has 1 amide bonds. The maximum Gasteiger partial charge on any atom is 0.223 e. The summed E-state index contributed by atoms with van der Waals surface area (Å²) in [6.07, 6.45) is 2.77. The molecule has 3 unspecified atom stereocenters. The summed E-state index contributed by atoms with van der Waals surface area (Å²) < 4.78 is 0. The zero-order valence-electron chi connectivity index (χ0n) is 10.2. The number of hydrogen-bond acceptors (Lipinski definition) is 2. The van der Waals surface area contributed by atoms with E-state index in [-0.39, 0.29) is 0 Å². The van der Waals surface area contributed by atoms with E-state index in [9.17, 15) is 4.79 Å². The van der Waals surface area contributed by atoms with E-state index in [1.165, 1.54) is 0 Å². The lowest BCUT2D eigenvalue weighted by Crippen LogP contribution is -2.36. The van der Waals surface area contributed by atoms with Gasteiger partial charge >= 0.3 is 0 Å². The van der Waals surface area contributed by atoms with E-state index in [4.69, 9.17) is 5.73 Å². The van der Waals surface area contributed by atoms with Crippen LogP contribution in [-0.2, 0) is 4.79 Å². The first kappa shape index (κ1) is 12.5. The highest BCUT2D eigenvalue weighted by Gasteiger charge is 2.30. The van der Waals surface area contributed by atoms with Crippen molar-refractivity contribution in [1.29, 1.82) is 0 Å². The molecule has 3 atom stereocenters. The second-order valence-corrected chi connectivity index (χ2v) is 4.95. The molecule has 1 rings (SSSR count). The van der Waals surface area contributed by atoms with Gasteiger partial charge in [-0.2, -0.15) is 0 Å². The number of carbonyl (C=O) groups excluding carboxylic acids is 1. The first-order chi connectivity index (χ1) is 7.08. The maximum absolute atomic E-state index is 12.0. The van der Waals surface area contributed by atoms with E-state index in [0.717, 1.165) is 19.4 Å². The molecular weight excluding hydrogens is 188 g/mol. The highest BCUT2D eigenvalue weighted by molar-refractivity contribution is 5.77. The van der Waals surface area contributed by atoms with Crippen molar-refractivity contribution >= 4 is 5.91 Å². The molecule has 0 aliphatic carbocycles. The van der Waals surface area contributed by atoms with Gasteiger partial charge in [-0.3, -0.25) is 4.79 Å². The Bertz CT molecular complexity index is 214. The summed E-state index contributed by atoms with van der Waals surface area (Å²) in [4.78, 5) is 14.0. The van der Waals surface area contributed by atoms with Gasteiger partial charge in [-0.1, -0.05) is 20.3 Å². The molecule has 3 heteroatoms. The fraction of sp³-hybridized carbons (Fsp3) is 0.917. The summed E-state index contributed by atoms with van der Waals surface area (Å²) in [7, 11) is 0. The third kappa shape index (κ3) is 3.20. The molecule has 0 saturated carbocycles. The second kappa shape index (κ2) is 5.50. The first-order valence-corrected chi connectivity index (χ1v) is 6.08. The summed E-state index contributed by atoms with van der Waals surface area (Å²) in [5, 5.41) is 0. The van der Waals surface area contributed by atoms with Crippen LogP contribution in [0.5, 0.6) is 0 Å². The van der Waals surface area contributed by atoms with E-state index in [1.54, 1.807) is 0 Å². The Morgan fingerprint density at radius 2 is 2.20 bits per heavy atom. The molecule has 1 heterocycles. The van der Waals surface area contributed by atoms with Gasteiger partial charge in [-0.05, 0) is 31.7 Å².